The van der Waals surface area contributed by atoms with Crippen LogP contribution in [0.3, 0.4) is 0 Å². The molecule has 0 aromatic heterocycles. The maximum absolute atomic E-state index is 11.7. The predicted octanol–water partition coefficient (Wildman–Crippen LogP) is 0.934. The Hall–Kier alpha value is -0.770. The van der Waals surface area contributed by atoms with Crippen LogP contribution in [0.25, 0.3) is 0 Å². The van der Waals surface area contributed by atoms with Gasteiger partial charge in [-0.05, 0) is 32.4 Å². The number of hydrogen-bond donors (Lipinski definition) is 2. The van der Waals surface area contributed by atoms with Gasteiger partial charge in [-0.3, -0.25) is 0 Å². The molecule has 2 amide bonds. The van der Waals surface area contributed by atoms with Crippen LogP contribution in [0.5, 0.6) is 0 Å². The van der Waals surface area contributed by atoms with Gasteiger partial charge in [-0.25, -0.2) is 4.79 Å². The summed E-state index contributed by atoms with van der Waals surface area (Å²) < 4.78 is 0. The Morgan fingerprint density at radius 1 is 1.40 bits per heavy atom. The number of carbonyl (C=O) groups excluding carboxylic acids is 1. The topological polar surface area (TPSA) is 44.4 Å². The van der Waals surface area contributed by atoms with E-state index >= 15 is 0 Å². The van der Waals surface area contributed by atoms with Gasteiger partial charge in [0.15, 0.2) is 0 Å². The van der Waals surface area contributed by atoms with Gasteiger partial charge in [0.05, 0.1) is 5.54 Å². The molecule has 0 atom stereocenters. The van der Waals surface area contributed by atoms with Gasteiger partial charge in [-0.2, -0.15) is 0 Å². The highest BCUT2D eigenvalue weighted by atomic mass is 16.2. The second kappa shape index (κ2) is 4.39. The normalized spacial score (nSPS) is 24.6. The smallest absolute Gasteiger partial charge is 0.317 e. The van der Waals surface area contributed by atoms with Gasteiger partial charge in [0.1, 0.15) is 0 Å². The maximum atomic E-state index is 11.7. The van der Waals surface area contributed by atoms with Gasteiger partial charge in [0, 0.05) is 13.1 Å². The van der Waals surface area contributed by atoms with Crippen LogP contribution in [0.2, 0.25) is 0 Å². The molecule has 0 radical (unpaired) electrons. The molecule has 0 bridgehead atoms. The summed E-state index contributed by atoms with van der Waals surface area (Å²) in [5, 5.41) is 6.51. The number of nitrogens with zero attached hydrogens (tertiary/aromatic N) is 1. The molecule has 0 unspecified atom stereocenters. The molecule has 1 spiro atoms. The van der Waals surface area contributed by atoms with Crippen molar-refractivity contribution in [1.82, 2.24) is 15.5 Å². The number of hydrogen-bond acceptors (Lipinski definition) is 2. The minimum atomic E-state index is 0.0794. The Balaban J connectivity index is 1.92. The van der Waals surface area contributed by atoms with Crippen molar-refractivity contribution in [3.8, 4) is 0 Å². The monoisotopic (exact) mass is 211 g/mol. The van der Waals surface area contributed by atoms with Crippen LogP contribution < -0.4 is 10.6 Å². The minimum absolute atomic E-state index is 0.0794. The van der Waals surface area contributed by atoms with Crippen LogP contribution in [-0.2, 0) is 0 Å². The van der Waals surface area contributed by atoms with E-state index in [4.69, 9.17) is 0 Å². The first-order valence-corrected chi connectivity index (χ1v) is 6.04. The van der Waals surface area contributed by atoms with E-state index in [9.17, 15) is 4.79 Å². The van der Waals surface area contributed by atoms with Crippen molar-refractivity contribution in [2.75, 3.05) is 26.2 Å². The van der Waals surface area contributed by atoms with Crippen LogP contribution in [0.4, 0.5) is 4.79 Å². The molecule has 4 nitrogen and oxygen atoms in total. The summed E-state index contributed by atoms with van der Waals surface area (Å²) in [5.41, 5.74) is 0.0794. The lowest BCUT2D eigenvalue weighted by Crippen LogP contribution is -2.51. The standard InChI is InChI=1S/C11H21N3O/c1-2-3-8-14-9-11(13-10(14)15)4-6-12-7-5-11/h12H,2-9H2,1H3,(H,13,15). The van der Waals surface area contributed by atoms with Crippen LogP contribution in [0.15, 0.2) is 0 Å². The Kier molecular flexibility index (Phi) is 3.14. The summed E-state index contributed by atoms with van der Waals surface area (Å²) in [4.78, 5) is 13.7. The zero-order valence-corrected chi connectivity index (χ0v) is 9.51. The Bertz CT molecular complexity index is 236. The average Bonchev–Trinajstić information content (AvgIpc) is 2.53. The molecule has 0 saturated carbocycles. The molecule has 86 valence electrons. The van der Waals surface area contributed by atoms with Gasteiger partial charge in [0.25, 0.3) is 0 Å². The first kappa shape index (κ1) is 10.7. The molecule has 0 aromatic carbocycles. The summed E-state index contributed by atoms with van der Waals surface area (Å²) in [5.74, 6) is 0. The highest BCUT2D eigenvalue weighted by Gasteiger charge is 2.42. The number of unbranched alkanes of at least 4 members (excludes halogenated alkanes) is 1. The molecule has 2 aliphatic rings. The third-order valence-electron chi connectivity index (χ3n) is 3.50. The van der Waals surface area contributed by atoms with Crippen molar-refractivity contribution in [3.63, 3.8) is 0 Å². The number of urea groups is 1. The number of carbonyl (C=O) groups is 1. The van der Waals surface area contributed by atoms with Crippen molar-refractivity contribution in [3.05, 3.63) is 0 Å². The lowest BCUT2D eigenvalue weighted by atomic mass is 9.89. The predicted molar refractivity (Wildman–Crippen MR) is 59.8 cm³/mol. The molecule has 2 saturated heterocycles. The van der Waals surface area contributed by atoms with Gasteiger partial charge in [-0.1, -0.05) is 13.3 Å². The van der Waals surface area contributed by atoms with Crippen LogP contribution >= 0.6 is 0 Å². The summed E-state index contributed by atoms with van der Waals surface area (Å²) >= 11 is 0. The first-order chi connectivity index (χ1) is 7.26. The molecule has 2 rings (SSSR count). The fourth-order valence-corrected chi connectivity index (χ4v) is 2.50. The molecular formula is C11H21N3O. The van der Waals surface area contributed by atoms with E-state index < -0.39 is 0 Å². The molecule has 2 N–H and O–H groups in total. The number of nitrogens with one attached hydrogen (secondary N) is 2. The van der Waals surface area contributed by atoms with Gasteiger partial charge in [-0.15, -0.1) is 0 Å². The quantitative estimate of drug-likeness (QED) is 0.729. The maximum Gasteiger partial charge on any atom is 0.317 e. The average molecular weight is 211 g/mol. The molecule has 0 aromatic rings. The molecule has 0 aliphatic carbocycles. The third kappa shape index (κ3) is 2.25. The Morgan fingerprint density at radius 3 is 2.80 bits per heavy atom. The fraction of sp³-hybridized carbons (Fsp3) is 0.909. The first-order valence-electron chi connectivity index (χ1n) is 6.04. The number of amides is 2. The second-order valence-electron chi connectivity index (χ2n) is 4.74. The molecule has 15 heavy (non-hydrogen) atoms. The van der Waals surface area contributed by atoms with E-state index in [-0.39, 0.29) is 11.6 Å². The van der Waals surface area contributed by atoms with E-state index in [0.29, 0.717) is 0 Å². The van der Waals surface area contributed by atoms with Crippen molar-refractivity contribution >= 4 is 6.03 Å². The van der Waals surface area contributed by atoms with Crippen molar-refractivity contribution < 1.29 is 4.79 Å². The van der Waals surface area contributed by atoms with Crippen LogP contribution in [0, 0.1) is 0 Å². The largest absolute Gasteiger partial charge is 0.331 e. The SMILES string of the molecule is CCCCN1CC2(CCNCC2)NC1=O. The molecule has 4 heteroatoms. The number of rotatable bonds is 3. The molecule has 2 aliphatic heterocycles. The molecule has 2 fully saturated rings. The van der Waals surface area contributed by atoms with Gasteiger partial charge >= 0.3 is 6.03 Å². The lowest BCUT2D eigenvalue weighted by molar-refractivity contribution is 0.216. The minimum Gasteiger partial charge on any atom is -0.331 e. The van der Waals surface area contributed by atoms with Crippen LogP contribution in [0.1, 0.15) is 32.6 Å². The fourth-order valence-electron chi connectivity index (χ4n) is 2.50. The highest BCUT2D eigenvalue weighted by molar-refractivity contribution is 5.78. The van der Waals surface area contributed by atoms with E-state index in [1.54, 1.807) is 0 Å². The highest BCUT2D eigenvalue weighted by Crippen LogP contribution is 2.25. The van der Waals surface area contributed by atoms with Crippen LogP contribution in [-0.4, -0.2) is 42.6 Å². The van der Waals surface area contributed by atoms with Crippen molar-refractivity contribution in [1.29, 1.82) is 0 Å². The summed E-state index contributed by atoms with van der Waals surface area (Å²) in [6, 6.07) is 0.144. The molecule has 2 heterocycles. The Labute approximate surface area is 91.4 Å². The lowest BCUT2D eigenvalue weighted by Gasteiger charge is -2.33. The number of piperidine rings is 1. The second-order valence-corrected chi connectivity index (χ2v) is 4.74. The van der Waals surface area contributed by atoms with Gasteiger partial charge < -0.3 is 15.5 Å². The Morgan fingerprint density at radius 2 is 2.13 bits per heavy atom. The van der Waals surface area contributed by atoms with Crippen molar-refractivity contribution in [2.24, 2.45) is 0 Å². The van der Waals surface area contributed by atoms with E-state index in [0.717, 1.165) is 51.9 Å². The molecular weight excluding hydrogens is 190 g/mol. The zero-order chi connectivity index (χ0) is 10.7. The summed E-state index contributed by atoms with van der Waals surface area (Å²) in [7, 11) is 0. The summed E-state index contributed by atoms with van der Waals surface area (Å²) in [6.45, 7) is 6.04. The van der Waals surface area contributed by atoms with Gasteiger partial charge in [0.2, 0.25) is 0 Å². The zero-order valence-electron chi connectivity index (χ0n) is 9.51. The van der Waals surface area contributed by atoms with E-state index in [1.165, 1.54) is 0 Å². The third-order valence-corrected chi connectivity index (χ3v) is 3.50. The van der Waals surface area contributed by atoms with E-state index in [1.807, 2.05) is 4.90 Å². The summed E-state index contributed by atoms with van der Waals surface area (Å²) in [6.07, 6.45) is 4.41. The van der Waals surface area contributed by atoms with E-state index in [2.05, 4.69) is 17.6 Å². The van der Waals surface area contributed by atoms with Crippen molar-refractivity contribution in [2.45, 2.75) is 38.1 Å².